The molecule has 3 aromatic heterocycles. The van der Waals surface area contributed by atoms with Gasteiger partial charge >= 0.3 is 6.18 Å². The molecule has 16 heteroatoms. The summed E-state index contributed by atoms with van der Waals surface area (Å²) in [6.45, 7) is 6.82. The molecule has 36 heavy (non-hydrogen) atoms. The van der Waals surface area contributed by atoms with Crippen LogP contribution in [0, 0.1) is 0 Å². The van der Waals surface area contributed by atoms with Crippen LogP contribution in [0.2, 0.25) is 5.15 Å². The van der Waals surface area contributed by atoms with Crippen LogP contribution in [0.4, 0.5) is 18.9 Å². The average molecular weight is 567 g/mol. The molecule has 196 valence electrons. The van der Waals surface area contributed by atoms with Gasteiger partial charge < -0.3 is 14.4 Å². The Kier molecular flexibility index (Phi) is 6.24. The van der Waals surface area contributed by atoms with Crippen LogP contribution in [0.1, 0.15) is 25.8 Å². The van der Waals surface area contributed by atoms with Crippen molar-refractivity contribution in [2.24, 2.45) is 0 Å². The zero-order valence-electron chi connectivity index (χ0n) is 19.3. The number of aromatic nitrogens is 4. The Morgan fingerprint density at radius 1 is 1.22 bits per heavy atom. The maximum atomic E-state index is 13.4. The molecule has 0 saturated carbocycles. The molecule has 2 fully saturated rings. The Morgan fingerprint density at radius 3 is 2.44 bits per heavy atom. The third kappa shape index (κ3) is 4.67. The normalized spacial score (nSPS) is 22.7. The number of nitrogens with one attached hydrogen (secondary N) is 1. The number of morpholine rings is 1. The minimum absolute atomic E-state index is 0.00758. The van der Waals surface area contributed by atoms with Crippen LogP contribution < -0.4 is 9.62 Å². The Bertz CT molecular complexity index is 1410. The molecule has 0 unspecified atom stereocenters. The fourth-order valence-corrected chi connectivity index (χ4v) is 6.68. The zero-order chi connectivity index (χ0) is 26.0. The molecule has 2 aliphatic rings. The van der Waals surface area contributed by atoms with Crippen molar-refractivity contribution in [3.8, 4) is 10.8 Å². The van der Waals surface area contributed by atoms with Gasteiger partial charge in [0.2, 0.25) is 15.0 Å². The summed E-state index contributed by atoms with van der Waals surface area (Å²) in [7, 11) is -4.06. The molecule has 2 atom stereocenters. The van der Waals surface area contributed by atoms with Gasteiger partial charge in [-0.1, -0.05) is 22.9 Å². The molecule has 0 radical (unpaired) electrons. The van der Waals surface area contributed by atoms with Crippen LogP contribution in [0.15, 0.2) is 17.2 Å². The number of pyridine rings is 1. The van der Waals surface area contributed by atoms with Crippen molar-refractivity contribution in [2.45, 2.75) is 49.6 Å². The lowest BCUT2D eigenvalue weighted by Crippen LogP contribution is -2.59. The van der Waals surface area contributed by atoms with Gasteiger partial charge in [0.15, 0.2) is 16.0 Å². The quantitative estimate of drug-likeness (QED) is 0.501. The number of hydrogen-bond acceptors (Lipinski definition) is 9. The second-order valence-electron chi connectivity index (χ2n) is 9.24. The maximum absolute atomic E-state index is 13.4. The Labute approximate surface area is 213 Å². The van der Waals surface area contributed by atoms with Gasteiger partial charge in [0, 0.05) is 19.3 Å². The summed E-state index contributed by atoms with van der Waals surface area (Å²) in [5.74, 6) is -0.0474. The highest BCUT2D eigenvalue weighted by atomic mass is 35.5. The maximum Gasteiger partial charge on any atom is 0.445 e. The minimum Gasteiger partial charge on any atom is -0.377 e. The molecule has 3 aromatic rings. The number of sulfonamides is 1. The van der Waals surface area contributed by atoms with Crippen LogP contribution >= 0.6 is 22.9 Å². The lowest BCUT2D eigenvalue weighted by atomic mass is 10.0. The molecular formula is C20H22ClF3N6O4S2. The largest absolute Gasteiger partial charge is 0.445 e. The number of fused-ring (bicyclic) bond motifs is 1. The monoisotopic (exact) mass is 566 g/mol. The summed E-state index contributed by atoms with van der Waals surface area (Å²) in [6.07, 6.45) is -3.72. The highest BCUT2D eigenvalue weighted by molar-refractivity contribution is 7.89. The summed E-state index contributed by atoms with van der Waals surface area (Å²) in [5.41, 5.74) is 0.0275. The number of ether oxygens (including phenoxy) is 2. The third-order valence-corrected chi connectivity index (χ3v) is 8.63. The van der Waals surface area contributed by atoms with Crippen LogP contribution in [0.3, 0.4) is 0 Å². The minimum atomic E-state index is -4.68. The second-order valence-corrected chi connectivity index (χ2v) is 12.3. The first-order chi connectivity index (χ1) is 16.8. The number of hydrogen-bond donors (Lipinski definition) is 1. The van der Waals surface area contributed by atoms with Gasteiger partial charge in [0.25, 0.3) is 0 Å². The van der Waals surface area contributed by atoms with E-state index in [0.717, 1.165) is 0 Å². The third-order valence-electron chi connectivity index (χ3n) is 5.80. The van der Waals surface area contributed by atoms with E-state index in [0.29, 0.717) is 35.6 Å². The molecule has 5 heterocycles. The van der Waals surface area contributed by atoms with Gasteiger partial charge in [0.1, 0.15) is 10.4 Å². The van der Waals surface area contributed by atoms with E-state index in [-0.39, 0.29) is 46.3 Å². The number of imidazole rings is 1. The van der Waals surface area contributed by atoms with E-state index in [1.54, 1.807) is 6.92 Å². The van der Waals surface area contributed by atoms with E-state index in [1.807, 2.05) is 18.7 Å². The summed E-state index contributed by atoms with van der Waals surface area (Å²) >= 11 is 6.78. The van der Waals surface area contributed by atoms with E-state index < -0.39 is 26.7 Å². The smallest absolute Gasteiger partial charge is 0.377 e. The lowest BCUT2D eigenvalue weighted by molar-refractivity contribution is -0.138. The summed E-state index contributed by atoms with van der Waals surface area (Å²) in [4.78, 5) is 6.07. The average Bonchev–Trinajstić information content (AvgIpc) is 3.36. The van der Waals surface area contributed by atoms with Crippen LogP contribution in [-0.2, 0) is 25.7 Å². The molecular weight excluding hydrogens is 545 g/mol. The molecule has 1 N–H and O–H groups in total. The lowest BCUT2D eigenvalue weighted by Gasteiger charge is -2.38. The number of alkyl halides is 3. The zero-order valence-corrected chi connectivity index (χ0v) is 21.7. The topological polar surface area (TPSA) is 111 Å². The molecule has 0 bridgehead atoms. The molecule has 0 aliphatic carbocycles. The van der Waals surface area contributed by atoms with Crippen molar-refractivity contribution in [1.29, 1.82) is 0 Å². The van der Waals surface area contributed by atoms with E-state index in [9.17, 15) is 21.6 Å². The molecule has 2 saturated heterocycles. The molecule has 2 aliphatic heterocycles. The van der Waals surface area contributed by atoms with Gasteiger partial charge in [-0.2, -0.15) is 13.2 Å². The predicted octanol–water partition coefficient (Wildman–Crippen LogP) is 3.21. The standard InChI is InChI=1S/C20H22ClF3N6O4S2/c1-10-5-29(6-11(2)34-10)13-4-12(36(31,32)28-19(3)8-33-9-19)7-30-14(13)15(21)25-16(30)17-26-27-18(35-17)20(22,23)24/h4,7,10-11,28H,5-6,8-9H2,1-3H3/t10-,11-/m0/s1. The van der Waals surface area contributed by atoms with E-state index in [1.165, 1.54) is 16.7 Å². The van der Waals surface area contributed by atoms with E-state index >= 15 is 0 Å². The fourth-order valence-electron chi connectivity index (χ4n) is 4.32. The van der Waals surface area contributed by atoms with Crippen molar-refractivity contribution >= 4 is 44.2 Å². The fraction of sp³-hybridized carbons (Fsp3) is 0.550. The second kappa shape index (κ2) is 8.77. The molecule has 0 spiro atoms. The predicted molar refractivity (Wildman–Crippen MR) is 126 cm³/mol. The Hall–Kier alpha value is -2.04. The highest BCUT2D eigenvalue weighted by Gasteiger charge is 2.39. The number of nitrogens with zero attached hydrogens (tertiary/aromatic N) is 5. The van der Waals surface area contributed by atoms with Crippen molar-refractivity contribution < 1.29 is 31.1 Å². The van der Waals surface area contributed by atoms with E-state index in [2.05, 4.69) is 19.9 Å². The highest BCUT2D eigenvalue weighted by Crippen LogP contribution is 2.39. The van der Waals surface area contributed by atoms with Gasteiger partial charge in [-0.05, 0) is 26.8 Å². The molecule has 0 aromatic carbocycles. The van der Waals surface area contributed by atoms with Gasteiger partial charge in [0.05, 0.1) is 36.6 Å². The van der Waals surface area contributed by atoms with Gasteiger partial charge in [-0.15, -0.1) is 10.2 Å². The molecule has 0 amide bonds. The van der Waals surface area contributed by atoms with E-state index in [4.69, 9.17) is 21.1 Å². The number of rotatable bonds is 5. The van der Waals surface area contributed by atoms with Crippen molar-refractivity contribution in [3.05, 3.63) is 22.4 Å². The first-order valence-corrected chi connectivity index (χ1v) is 13.6. The van der Waals surface area contributed by atoms with Gasteiger partial charge in [-0.3, -0.25) is 4.40 Å². The first-order valence-electron chi connectivity index (χ1n) is 10.9. The van der Waals surface area contributed by atoms with Crippen LogP contribution in [-0.4, -0.2) is 72.0 Å². The molecule has 10 nitrogen and oxygen atoms in total. The SMILES string of the molecule is C[C@H]1CN(c2cc(S(=O)(=O)NC3(C)COC3)cn3c(-c4nnc(C(F)(F)F)s4)nc(Cl)c23)C[C@H](C)O1. The van der Waals surface area contributed by atoms with Crippen molar-refractivity contribution in [3.63, 3.8) is 0 Å². The number of halogens is 4. The first kappa shape index (κ1) is 25.6. The Balaban J connectivity index is 1.70. The van der Waals surface area contributed by atoms with Crippen LogP contribution in [0.25, 0.3) is 16.3 Å². The summed E-state index contributed by atoms with van der Waals surface area (Å²) in [6, 6.07) is 1.49. The Morgan fingerprint density at radius 2 is 1.89 bits per heavy atom. The number of anilines is 1. The summed E-state index contributed by atoms with van der Waals surface area (Å²) < 4.78 is 81.3. The van der Waals surface area contributed by atoms with Crippen molar-refractivity contribution in [2.75, 3.05) is 31.2 Å². The van der Waals surface area contributed by atoms with Gasteiger partial charge in [-0.25, -0.2) is 18.1 Å². The summed E-state index contributed by atoms with van der Waals surface area (Å²) in [5, 5.41) is 5.57. The van der Waals surface area contributed by atoms with Crippen molar-refractivity contribution in [1.82, 2.24) is 24.3 Å². The molecule has 5 rings (SSSR count). The van der Waals surface area contributed by atoms with Crippen LogP contribution in [0.5, 0.6) is 0 Å².